The van der Waals surface area contributed by atoms with Gasteiger partial charge in [0.15, 0.2) is 11.5 Å². The zero-order valence-electron chi connectivity index (χ0n) is 12.1. The van der Waals surface area contributed by atoms with E-state index in [0.717, 1.165) is 17.7 Å². The highest BCUT2D eigenvalue weighted by Crippen LogP contribution is 2.31. The van der Waals surface area contributed by atoms with E-state index in [0.29, 0.717) is 29.0 Å². The first-order valence-electron chi connectivity index (χ1n) is 6.78. The normalized spacial score (nSPS) is 10.2. The second-order valence-corrected chi connectivity index (χ2v) is 5.04. The van der Waals surface area contributed by atoms with Gasteiger partial charge in [0, 0.05) is 17.3 Å². The largest absolute Gasteiger partial charge is 0.490 e. The van der Waals surface area contributed by atoms with E-state index in [1.807, 2.05) is 37.3 Å². The molecule has 5 heteroatoms. The number of thiocarbonyl (C=S) groups is 1. The number of pyridine rings is 1. The van der Waals surface area contributed by atoms with Crippen LogP contribution in [-0.2, 0) is 0 Å². The van der Waals surface area contributed by atoms with E-state index in [2.05, 4.69) is 11.9 Å². The van der Waals surface area contributed by atoms with Crippen molar-refractivity contribution in [1.82, 2.24) is 4.98 Å². The molecule has 21 heavy (non-hydrogen) atoms. The number of hydrogen-bond acceptors (Lipinski definition) is 4. The Morgan fingerprint density at radius 3 is 2.62 bits per heavy atom. The molecule has 0 aliphatic heterocycles. The Kier molecular flexibility index (Phi) is 5.11. The molecule has 2 N–H and O–H groups in total. The monoisotopic (exact) mass is 302 g/mol. The van der Waals surface area contributed by atoms with Gasteiger partial charge in [0.2, 0.25) is 5.88 Å². The summed E-state index contributed by atoms with van der Waals surface area (Å²) in [6.45, 7) is 4.56. The smallest absolute Gasteiger partial charge is 0.220 e. The highest BCUT2D eigenvalue weighted by molar-refractivity contribution is 7.80. The van der Waals surface area contributed by atoms with Gasteiger partial charge >= 0.3 is 0 Å². The molecule has 1 aromatic carbocycles. The van der Waals surface area contributed by atoms with Crippen LogP contribution in [0.5, 0.6) is 17.4 Å². The summed E-state index contributed by atoms with van der Waals surface area (Å²) in [5, 5.41) is 0. The van der Waals surface area contributed by atoms with Crippen molar-refractivity contribution in [2.24, 2.45) is 5.73 Å². The van der Waals surface area contributed by atoms with Crippen LogP contribution in [0.25, 0.3) is 0 Å². The molecule has 0 aliphatic carbocycles. The number of para-hydroxylation sites is 2. The Labute approximate surface area is 129 Å². The molecular weight excluding hydrogens is 284 g/mol. The maximum atomic E-state index is 5.83. The summed E-state index contributed by atoms with van der Waals surface area (Å²) in [6, 6.07) is 11.1. The summed E-state index contributed by atoms with van der Waals surface area (Å²) < 4.78 is 11.5. The van der Waals surface area contributed by atoms with Crippen molar-refractivity contribution in [2.45, 2.75) is 20.3 Å². The van der Waals surface area contributed by atoms with Gasteiger partial charge in [-0.1, -0.05) is 31.3 Å². The van der Waals surface area contributed by atoms with Crippen LogP contribution in [-0.4, -0.2) is 16.6 Å². The fourth-order valence-corrected chi connectivity index (χ4v) is 1.93. The fourth-order valence-electron chi connectivity index (χ4n) is 1.81. The Balaban J connectivity index is 2.27. The summed E-state index contributed by atoms with van der Waals surface area (Å²) in [4.78, 5) is 4.66. The van der Waals surface area contributed by atoms with Gasteiger partial charge in [-0.2, -0.15) is 0 Å². The highest BCUT2D eigenvalue weighted by Gasteiger charge is 2.08. The average molecular weight is 302 g/mol. The summed E-state index contributed by atoms with van der Waals surface area (Å²) in [7, 11) is 0. The predicted octanol–water partition coefficient (Wildman–Crippen LogP) is 3.61. The fraction of sp³-hybridized carbons (Fsp3) is 0.250. The lowest BCUT2D eigenvalue weighted by molar-refractivity contribution is 0.300. The van der Waals surface area contributed by atoms with Gasteiger partial charge in [0.25, 0.3) is 0 Å². The summed E-state index contributed by atoms with van der Waals surface area (Å²) in [5.74, 6) is 1.77. The number of ether oxygens (including phenoxy) is 2. The first-order chi connectivity index (χ1) is 10.1. The van der Waals surface area contributed by atoms with Gasteiger partial charge in [0.05, 0.1) is 6.61 Å². The zero-order valence-corrected chi connectivity index (χ0v) is 12.9. The molecule has 0 spiro atoms. The van der Waals surface area contributed by atoms with Crippen molar-refractivity contribution >= 4 is 17.2 Å². The van der Waals surface area contributed by atoms with Crippen molar-refractivity contribution in [1.29, 1.82) is 0 Å². The minimum absolute atomic E-state index is 0.320. The zero-order chi connectivity index (χ0) is 15.2. The van der Waals surface area contributed by atoms with Gasteiger partial charge in [-0.3, -0.25) is 0 Å². The van der Waals surface area contributed by atoms with Gasteiger partial charge in [-0.05, 0) is 31.5 Å². The van der Waals surface area contributed by atoms with Gasteiger partial charge in [-0.25, -0.2) is 4.98 Å². The standard InChI is InChI=1S/C16H18N2O2S/c1-3-8-19-13-6-4-5-7-14(13)20-15-10-12(16(17)21)9-11(2)18-15/h4-7,9-10H,3,8H2,1-2H3,(H2,17,21). The molecule has 0 saturated carbocycles. The minimum atomic E-state index is 0.320. The van der Waals surface area contributed by atoms with Crippen LogP contribution < -0.4 is 15.2 Å². The third kappa shape index (κ3) is 4.16. The first kappa shape index (κ1) is 15.3. The first-order valence-corrected chi connectivity index (χ1v) is 7.19. The Morgan fingerprint density at radius 1 is 1.24 bits per heavy atom. The maximum absolute atomic E-state index is 5.83. The second kappa shape index (κ2) is 7.04. The third-order valence-corrected chi connectivity index (χ3v) is 2.98. The van der Waals surface area contributed by atoms with Gasteiger partial charge < -0.3 is 15.2 Å². The highest BCUT2D eigenvalue weighted by atomic mass is 32.1. The molecule has 0 radical (unpaired) electrons. The topological polar surface area (TPSA) is 57.4 Å². The van der Waals surface area contributed by atoms with Crippen LogP contribution in [0.3, 0.4) is 0 Å². The quantitative estimate of drug-likeness (QED) is 0.826. The summed E-state index contributed by atoms with van der Waals surface area (Å²) in [6.07, 6.45) is 0.933. The molecule has 110 valence electrons. The van der Waals surface area contributed by atoms with Crippen LogP contribution in [0.4, 0.5) is 0 Å². The molecule has 0 unspecified atom stereocenters. The van der Waals surface area contributed by atoms with E-state index in [1.54, 1.807) is 6.07 Å². The Hall–Kier alpha value is -2.14. The lowest BCUT2D eigenvalue weighted by atomic mass is 10.2. The Bertz CT molecular complexity index is 644. The molecule has 0 fully saturated rings. The molecule has 0 atom stereocenters. The molecular formula is C16H18N2O2S. The molecule has 1 heterocycles. The second-order valence-electron chi connectivity index (χ2n) is 4.60. The maximum Gasteiger partial charge on any atom is 0.220 e. The van der Waals surface area contributed by atoms with E-state index in [-0.39, 0.29) is 0 Å². The van der Waals surface area contributed by atoms with E-state index >= 15 is 0 Å². The van der Waals surface area contributed by atoms with Crippen molar-refractivity contribution in [3.63, 3.8) is 0 Å². The van der Waals surface area contributed by atoms with E-state index < -0.39 is 0 Å². The van der Waals surface area contributed by atoms with Crippen molar-refractivity contribution in [3.8, 4) is 17.4 Å². The molecule has 2 aromatic rings. The molecule has 0 saturated heterocycles. The number of nitrogens with zero attached hydrogens (tertiary/aromatic N) is 1. The summed E-state index contributed by atoms with van der Waals surface area (Å²) >= 11 is 5.00. The van der Waals surface area contributed by atoms with E-state index in [4.69, 9.17) is 27.4 Å². The van der Waals surface area contributed by atoms with Crippen molar-refractivity contribution < 1.29 is 9.47 Å². The predicted molar refractivity (Wildman–Crippen MR) is 87.2 cm³/mol. The average Bonchev–Trinajstić information content (AvgIpc) is 2.45. The number of hydrogen-bond donors (Lipinski definition) is 1. The minimum Gasteiger partial charge on any atom is -0.490 e. The number of nitrogens with two attached hydrogens (primary N) is 1. The van der Waals surface area contributed by atoms with Crippen LogP contribution in [0, 0.1) is 6.92 Å². The van der Waals surface area contributed by atoms with E-state index in [9.17, 15) is 0 Å². The molecule has 0 amide bonds. The molecule has 2 rings (SSSR count). The lowest BCUT2D eigenvalue weighted by Gasteiger charge is -2.12. The number of benzene rings is 1. The van der Waals surface area contributed by atoms with E-state index in [1.165, 1.54) is 0 Å². The number of rotatable bonds is 6. The van der Waals surface area contributed by atoms with Gasteiger partial charge in [0.1, 0.15) is 4.99 Å². The Morgan fingerprint density at radius 2 is 1.95 bits per heavy atom. The van der Waals surface area contributed by atoms with Crippen LogP contribution in [0.2, 0.25) is 0 Å². The molecule has 0 bridgehead atoms. The lowest BCUT2D eigenvalue weighted by Crippen LogP contribution is -2.10. The van der Waals surface area contributed by atoms with Crippen LogP contribution >= 0.6 is 12.2 Å². The van der Waals surface area contributed by atoms with Crippen molar-refractivity contribution in [2.75, 3.05) is 6.61 Å². The third-order valence-electron chi connectivity index (χ3n) is 2.74. The molecule has 4 nitrogen and oxygen atoms in total. The number of aryl methyl sites for hydroxylation is 1. The van der Waals surface area contributed by atoms with Gasteiger partial charge in [-0.15, -0.1) is 0 Å². The van der Waals surface area contributed by atoms with Crippen molar-refractivity contribution in [3.05, 3.63) is 47.7 Å². The SMILES string of the molecule is CCCOc1ccccc1Oc1cc(C(N)=S)cc(C)n1. The molecule has 0 aliphatic rings. The van der Waals surface area contributed by atoms with Crippen LogP contribution in [0.1, 0.15) is 24.6 Å². The summed E-state index contributed by atoms with van der Waals surface area (Å²) in [5.41, 5.74) is 7.19. The molecule has 1 aromatic heterocycles. The van der Waals surface area contributed by atoms with Crippen LogP contribution in [0.15, 0.2) is 36.4 Å². The number of aromatic nitrogens is 1.